The van der Waals surface area contributed by atoms with Gasteiger partial charge < -0.3 is 5.73 Å². The topological polar surface area (TPSA) is 43.1 Å². The lowest BCUT2D eigenvalue weighted by atomic mass is 9.73. The minimum absolute atomic E-state index is 0.146. The quantitative estimate of drug-likeness (QED) is 0.814. The van der Waals surface area contributed by atoms with Crippen molar-refractivity contribution in [2.24, 2.45) is 17.6 Å². The predicted octanol–water partition coefficient (Wildman–Crippen LogP) is 3.43. The summed E-state index contributed by atoms with van der Waals surface area (Å²) in [7, 11) is 0. The molecular weight excluding hydrogens is 210 g/mol. The number of Topliss-reactive ketones (excluding diaryl/α,β-unsaturated/α-hetero) is 1. The molecule has 2 aliphatic carbocycles. The largest absolute Gasteiger partial charge is 0.325 e. The molecule has 2 N–H and O–H groups in total. The Hall–Kier alpha value is -0.370. The number of ketones is 1. The summed E-state index contributed by atoms with van der Waals surface area (Å²) in [5.74, 6) is 1.44. The van der Waals surface area contributed by atoms with Gasteiger partial charge in [-0.25, -0.2) is 0 Å². The maximum Gasteiger partial charge on any atom is 0.138 e. The lowest BCUT2D eigenvalue weighted by Gasteiger charge is -2.32. The van der Waals surface area contributed by atoms with E-state index in [9.17, 15) is 4.79 Å². The van der Waals surface area contributed by atoms with Crippen molar-refractivity contribution in [2.45, 2.75) is 76.7 Å². The molecule has 0 amide bonds. The van der Waals surface area contributed by atoms with Gasteiger partial charge in [-0.15, -0.1) is 0 Å². The van der Waals surface area contributed by atoms with Gasteiger partial charge in [0.2, 0.25) is 0 Å². The van der Waals surface area contributed by atoms with E-state index in [1.54, 1.807) is 0 Å². The summed E-state index contributed by atoms with van der Waals surface area (Å²) in [5.41, 5.74) is 6.19. The van der Waals surface area contributed by atoms with Gasteiger partial charge in [-0.2, -0.15) is 0 Å². The van der Waals surface area contributed by atoms with Crippen LogP contribution in [0.5, 0.6) is 0 Å². The standard InChI is InChI=1S/C15H27NO/c1-2-12-7-3-4-8-13(12)14(17)11-15(16)9-5-6-10-15/h12-13H,2-11,16H2,1H3. The van der Waals surface area contributed by atoms with Gasteiger partial charge in [-0.05, 0) is 31.6 Å². The second-order valence-corrected chi connectivity index (χ2v) is 6.27. The molecule has 0 heterocycles. The highest BCUT2D eigenvalue weighted by Gasteiger charge is 2.36. The van der Waals surface area contributed by atoms with E-state index in [2.05, 4.69) is 6.92 Å². The van der Waals surface area contributed by atoms with Gasteiger partial charge in [0.1, 0.15) is 5.78 Å². The first-order valence-corrected chi connectivity index (χ1v) is 7.46. The highest BCUT2D eigenvalue weighted by molar-refractivity contribution is 5.82. The molecule has 2 rings (SSSR count). The van der Waals surface area contributed by atoms with Crippen LogP contribution in [0.15, 0.2) is 0 Å². The van der Waals surface area contributed by atoms with Crippen molar-refractivity contribution < 1.29 is 4.79 Å². The highest BCUT2D eigenvalue weighted by atomic mass is 16.1. The van der Waals surface area contributed by atoms with E-state index >= 15 is 0 Å². The van der Waals surface area contributed by atoms with Crippen LogP contribution >= 0.6 is 0 Å². The second-order valence-electron chi connectivity index (χ2n) is 6.27. The van der Waals surface area contributed by atoms with Gasteiger partial charge in [0.25, 0.3) is 0 Å². The van der Waals surface area contributed by atoms with Gasteiger partial charge in [-0.3, -0.25) is 4.79 Å². The van der Waals surface area contributed by atoms with Crippen LogP contribution in [0.25, 0.3) is 0 Å². The molecule has 0 spiro atoms. The van der Waals surface area contributed by atoms with Crippen LogP contribution in [0.1, 0.15) is 71.1 Å². The first-order chi connectivity index (χ1) is 8.14. The average molecular weight is 237 g/mol. The fourth-order valence-electron chi connectivity index (χ4n) is 3.85. The summed E-state index contributed by atoms with van der Waals surface area (Å²) < 4.78 is 0. The summed E-state index contributed by atoms with van der Waals surface area (Å²) >= 11 is 0. The zero-order valence-electron chi connectivity index (χ0n) is 11.2. The molecule has 0 aliphatic heterocycles. The van der Waals surface area contributed by atoms with Gasteiger partial charge in [-0.1, -0.05) is 39.0 Å². The summed E-state index contributed by atoms with van der Waals surface area (Å²) in [6, 6.07) is 0. The van der Waals surface area contributed by atoms with Crippen LogP contribution in [0.3, 0.4) is 0 Å². The molecule has 2 nitrogen and oxygen atoms in total. The third-order valence-corrected chi connectivity index (χ3v) is 4.97. The SMILES string of the molecule is CCC1CCCCC1C(=O)CC1(N)CCCC1. The van der Waals surface area contributed by atoms with E-state index in [1.165, 1.54) is 32.1 Å². The normalized spacial score (nSPS) is 32.6. The molecule has 2 atom stereocenters. The zero-order valence-corrected chi connectivity index (χ0v) is 11.2. The Morgan fingerprint density at radius 1 is 1.18 bits per heavy atom. The van der Waals surface area contributed by atoms with Crippen LogP contribution in [0.2, 0.25) is 0 Å². The van der Waals surface area contributed by atoms with Crippen molar-refractivity contribution >= 4 is 5.78 Å². The molecule has 2 saturated carbocycles. The number of rotatable bonds is 4. The molecule has 0 aromatic carbocycles. The van der Waals surface area contributed by atoms with Crippen LogP contribution < -0.4 is 5.73 Å². The first kappa shape index (κ1) is 13.1. The Bertz CT molecular complexity index is 268. The third kappa shape index (κ3) is 3.09. The molecule has 0 aromatic heterocycles. The minimum atomic E-state index is -0.146. The third-order valence-electron chi connectivity index (χ3n) is 4.97. The van der Waals surface area contributed by atoms with E-state index in [0.717, 1.165) is 25.7 Å². The Morgan fingerprint density at radius 2 is 1.82 bits per heavy atom. The highest BCUT2D eigenvalue weighted by Crippen LogP contribution is 2.37. The van der Waals surface area contributed by atoms with E-state index in [-0.39, 0.29) is 5.54 Å². The molecule has 2 fully saturated rings. The lowest BCUT2D eigenvalue weighted by molar-refractivity contribution is -0.126. The van der Waals surface area contributed by atoms with Crippen molar-refractivity contribution in [3.8, 4) is 0 Å². The molecule has 98 valence electrons. The first-order valence-electron chi connectivity index (χ1n) is 7.46. The lowest BCUT2D eigenvalue weighted by Crippen LogP contribution is -2.41. The molecule has 2 unspecified atom stereocenters. The smallest absolute Gasteiger partial charge is 0.138 e. The Kier molecular flexibility index (Phi) is 4.24. The van der Waals surface area contributed by atoms with Crippen LogP contribution in [-0.2, 0) is 4.79 Å². The van der Waals surface area contributed by atoms with E-state index in [0.29, 0.717) is 24.0 Å². The number of hydrogen-bond donors (Lipinski definition) is 1. The number of nitrogens with two attached hydrogens (primary N) is 1. The van der Waals surface area contributed by atoms with Crippen molar-refractivity contribution in [2.75, 3.05) is 0 Å². The average Bonchev–Trinajstić information content (AvgIpc) is 2.75. The fraction of sp³-hybridized carbons (Fsp3) is 0.933. The van der Waals surface area contributed by atoms with Crippen molar-refractivity contribution in [1.82, 2.24) is 0 Å². The number of hydrogen-bond acceptors (Lipinski definition) is 2. The number of carbonyl (C=O) groups is 1. The Labute approximate surface area is 105 Å². The molecule has 0 bridgehead atoms. The van der Waals surface area contributed by atoms with E-state index in [4.69, 9.17) is 5.73 Å². The van der Waals surface area contributed by atoms with E-state index < -0.39 is 0 Å². The van der Waals surface area contributed by atoms with E-state index in [1.807, 2.05) is 0 Å². The molecule has 0 saturated heterocycles. The Morgan fingerprint density at radius 3 is 2.47 bits per heavy atom. The molecular formula is C15H27NO. The molecule has 0 aromatic rings. The van der Waals surface area contributed by atoms with Crippen molar-refractivity contribution in [3.05, 3.63) is 0 Å². The molecule has 2 aliphatic rings. The predicted molar refractivity (Wildman–Crippen MR) is 70.7 cm³/mol. The van der Waals surface area contributed by atoms with Crippen molar-refractivity contribution in [1.29, 1.82) is 0 Å². The summed E-state index contributed by atoms with van der Waals surface area (Å²) in [6.45, 7) is 2.23. The minimum Gasteiger partial charge on any atom is -0.325 e. The summed E-state index contributed by atoms with van der Waals surface area (Å²) in [4.78, 5) is 12.4. The Balaban J connectivity index is 1.93. The van der Waals surface area contributed by atoms with Crippen LogP contribution in [-0.4, -0.2) is 11.3 Å². The van der Waals surface area contributed by atoms with Crippen LogP contribution in [0, 0.1) is 11.8 Å². The molecule has 2 heteroatoms. The van der Waals surface area contributed by atoms with Gasteiger partial charge >= 0.3 is 0 Å². The maximum atomic E-state index is 12.4. The van der Waals surface area contributed by atoms with Gasteiger partial charge in [0.05, 0.1) is 0 Å². The van der Waals surface area contributed by atoms with Gasteiger partial charge in [0.15, 0.2) is 0 Å². The monoisotopic (exact) mass is 237 g/mol. The summed E-state index contributed by atoms with van der Waals surface area (Å²) in [6.07, 6.45) is 11.3. The second kappa shape index (κ2) is 5.51. The molecule has 0 radical (unpaired) electrons. The van der Waals surface area contributed by atoms with Crippen molar-refractivity contribution in [3.63, 3.8) is 0 Å². The fourth-order valence-corrected chi connectivity index (χ4v) is 3.85. The summed E-state index contributed by atoms with van der Waals surface area (Å²) in [5, 5.41) is 0. The van der Waals surface area contributed by atoms with Gasteiger partial charge in [0, 0.05) is 17.9 Å². The molecule has 17 heavy (non-hydrogen) atoms. The van der Waals surface area contributed by atoms with Crippen LogP contribution in [0.4, 0.5) is 0 Å². The maximum absolute atomic E-state index is 12.4. The zero-order chi connectivity index (χ0) is 12.3. The number of carbonyl (C=O) groups excluding carboxylic acids is 1.